The van der Waals surface area contributed by atoms with Crippen molar-refractivity contribution in [3.05, 3.63) is 59.7 Å². The number of rotatable bonds is 7. The maximum absolute atomic E-state index is 12.0. The van der Waals surface area contributed by atoms with Gasteiger partial charge in [0.2, 0.25) is 0 Å². The Morgan fingerprint density at radius 3 is 2.48 bits per heavy atom. The Morgan fingerprint density at radius 1 is 1.12 bits per heavy atom. The summed E-state index contributed by atoms with van der Waals surface area (Å²) in [5.74, 6) is 0.404. The SMILES string of the molecule is NC(N)=Nc1ccc(C(=O)NCCOc2cccc(C(N)N)c2)cc1. The van der Waals surface area contributed by atoms with E-state index in [4.69, 9.17) is 27.7 Å². The predicted octanol–water partition coefficient (Wildman–Crippen LogP) is 0.316. The van der Waals surface area contributed by atoms with Gasteiger partial charge in [0.25, 0.3) is 5.91 Å². The van der Waals surface area contributed by atoms with Crippen LogP contribution in [0.3, 0.4) is 0 Å². The first-order valence-corrected chi connectivity index (χ1v) is 7.67. The van der Waals surface area contributed by atoms with Gasteiger partial charge in [0.1, 0.15) is 12.4 Å². The van der Waals surface area contributed by atoms with Gasteiger partial charge in [-0.2, -0.15) is 0 Å². The van der Waals surface area contributed by atoms with Crippen LogP contribution in [-0.2, 0) is 0 Å². The first-order chi connectivity index (χ1) is 12.0. The molecule has 0 aliphatic rings. The van der Waals surface area contributed by atoms with Crippen LogP contribution in [0, 0.1) is 0 Å². The van der Waals surface area contributed by atoms with Crippen molar-refractivity contribution in [3.8, 4) is 5.75 Å². The van der Waals surface area contributed by atoms with E-state index in [1.165, 1.54) is 0 Å². The first-order valence-electron chi connectivity index (χ1n) is 7.67. The lowest BCUT2D eigenvalue weighted by Gasteiger charge is -2.10. The quantitative estimate of drug-likeness (QED) is 0.211. The number of hydrogen-bond donors (Lipinski definition) is 5. The van der Waals surface area contributed by atoms with Crippen molar-refractivity contribution < 1.29 is 9.53 Å². The summed E-state index contributed by atoms with van der Waals surface area (Å²) in [6.45, 7) is 0.675. The molecule has 0 saturated carbocycles. The Labute approximate surface area is 145 Å². The Morgan fingerprint density at radius 2 is 1.84 bits per heavy atom. The van der Waals surface area contributed by atoms with Crippen molar-refractivity contribution in [2.75, 3.05) is 13.2 Å². The van der Waals surface area contributed by atoms with Gasteiger partial charge in [0.05, 0.1) is 18.4 Å². The van der Waals surface area contributed by atoms with Gasteiger partial charge in [0, 0.05) is 5.56 Å². The number of hydrogen-bond acceptors (Lipinski definition) is 5. The van der Waals surface area contributed by atoms with Gasteiger partial charge in [0.15, 0.2) is 5.96 Å². The molecule has 0 heterocycles. The third-order valence-electron chi connectivity index (χ3n) is 3.29. The summed E-state index contributed by atoms with van der Waals surface area (Å²) in [5, 5.41) is 2.77. The number of ether oxygens (including phenoxy) is 1. The van der Waals surface area contributed by atoms with Gasteiger partial charge in [-0.3, -0.25) is 4.79 Å². The summed E-state index contributed by atoms with van der Waals surface area (Å²) in [6.07, 6.45) is -0.551. The maximum Gasteiger partial charge on any atom is 0.251 e. The van der Waals surface area contributed by atoms with Crippen molar-refractivity contribution in [3.63, 3.8) is 0 Å². The molecule has 132 valence electrons. The van der Waals surface area contributed by atoms with Crippen molar-refractivity contribution in [2.24, 2.45) is 27.9 Å². The molecule has 0 atom stereocenters. The minimum atomic E-state index is -0.551. The lowest BCUT2D eigenvalue weighted by molar-refractivity contribution is 0.0947. The van der Waals surface area contributed by atoms with E-state index in [9.17, 15) is 4.79 Å². The predicted molar refractivity (Wildman–Crippen MR) is 97.3 cm³/mol. The molecule has 2 aromatic rings. The van der Waals surface area contributed by atoms with Crippen LogP contribution >= 0.6 is 0 Å². The molecule has 0 bridgehead atoms. The summed E-state index contributed by atoms with van der Waals surface area (Å²) in [7, 11) is 0. The number of amides is 1. The van der Waals surface area contributed by atoms with Crippen LogP contribution in [0.15, 0.2) is 53.5 Å². The topological polar surface area (TPSA) is 155 Å². The normalized spacial score (nSPS) is 10.4. The molecule has 9 N–H and O–H groups in total. The highest BCUT2D eigenvalue weighted by Crippen LogP contribution is 2.15. The van der Waals surface area contributed by atoms with Crippen LogP contribution in [0.5, 0.6) is 5.75 Å². The highest BCUT2D eigenvalue weighted by atomic mass is 16.5. The molecule has 0 aliphatic heterocycles. The molecule has 0 aliphatic carbocycles. The lowest BCUT2D eigenvalue weighted by Crippen LogP contribution is -2.28. The summed E-state index contributed by atoms with van der Waals surface area (Å²) in [6, 6.07) is 13.8. The number of nitrogens with zero attached hydrogens (tertiary/aromatic N) is 1. The molecule has 2 aromatic carbocycles. The highest BCUT2D eigenvalue weighted by molar-refractivity contribution is 5.94. The summed E-state index contributed by atoms with van der Waals surface area (Å²) in [4.78, 5) is 15.9. The average Bonchev–Trinajstić information content (AvgIpc) is 2.59. The molecule has 8 heteroatoms. The number of nitrogens with two attached hydrogens (primary N) is 4. The molecule has 0 spiro atoms. The summed E-state index contributed by atoms with van der Waals surface area (Å²) >= 11 is 0. The molecule has 25 heavy (non-hydrogen) atoms. The van der Waals surface area contributed by atoms with Crippen molar-refractivity contribution >= 4 is 17.6 Å². The Hall–Kier alpha value is -3.10. The number of guanidine groups is 1. The Kier molecular flexibility index (Phi) is 6.33. The van der Waals surface area contributed by atoms with Gasteiger partial charge in [-0.15, -0.1) is 0 Å². The first kappa shape index (κ1) is 18.2. The zero-order valence-corrected chi connectivity index (χ0v) is 13.7. The molecule has 2 rings (SSSR count). The molecule has 8 nitrogen and oxygen atoms in total. The molecular formula is C17H22N6O2. The van der Waals surface area contributed by atoms with Crippen LogP contribution < -0.4 is 33.0 Å². The van der Waals surface area contributed by atoms with E-state index in [0.717, 1.165) is 5.56 Å². The average molecular weight is 342 g/mol. The maximum atomic E-state index is 12.0. The van der Waals surface area contributed by atoms with E-state index < -0.39 is 6.17 Å². The van der Waals surface area contributed by atoms with Gasteiger partial charge >= 0.3 is 0 Å². The minimum Gasteiger partial charge on any atom is -0.492 e. The Bertz CT molecular complexity index is 739. The minimum absolute atomic E-state index is 0.0333. The third kappa shape index (κ3) is 5.79. The molecule has 0 radical (unpaired) electrons. The van der Waals surface area contributed by atoms with E-state index in [2.05, 4.69) is 10.3 Å². The summed E-state index contributed by atoms with van der Waals surface area (Å²) < 4.78 is 5.57. The van der Waals surface area contributed by atoms with Crippen molar-refractivity contribution in [1.82, 2.24) is 5.32 Å². The smallest absolute Gasteiger partial charge is 0.251 e. The number of carbonyl (C=O) groups excluding carboxylic acids is 1. The molecular weight excluding hydrogens is 320 g/mol. The Balaban J connectivity index is 1.80. The van der Waals surface area contributed by atoms with Crippen LogP contribution in [0.2, 0.25) is 0 Å². The number of aliphatic imine (C=N–C) groups is 1. The molecule has 0 aromatic heterocycles. The summed E-state index contributed by atoms with van der Waals surface area (Å²) in [5.41, 5.74) is 23.7. The molecule has 0 fully saturated rings. The fourth-order valence-corrected chi connectivity index (χ4v) is 2.08. The van der Waals surface area contributed by atoms with Crippen LogP contribution in [0.4, 0.5) is 5.69 Å². The van der Waals surface area contributed by atoms with Gasteiger partial charge in [-0.05, 0) is 42.0 Å². The largest absolute Gasteiger partial charge is 0.492 e. The standard InChI is InChI=1S/C17H22N6O2/c18-15(19)12-2-1-3-14(10-12)25-9-8-22-16(24)11-4-6-13(7-5-11)23-17(20)21/h1-7,10,15H,8-9,18-19H2,(H,22,24)(H4,20,21,23). The van der Waals surface area contributed by atoms with E-state index in [-0.39, 0.29) is 11.9 Å². The highest BCUT2D eigenvalue weighted by Gasteiger charge is 2.05. The zero-order chi connectivity index (χ0) is 18.2. The second-order valence-electron chi connectivity index (χ2n) is 5.29. The fraction of sp³-hybridized carbons (Fsp3) is 0.176. The molecule has 1 amide bonds. The number of nitrogens with one attached hydrogen (secondary N) is 1. The zero-order valence-electron chi connectivity index (χ0n) is 13.7. The van der Waals surface area contributed by atoms with E-state index in [0.29, 0.717) is 30.2 Å². The van der Waals surface area contributed by atoms with Crippen LogP contribution in [0.1, 0.15) is 22.1 Å². The molecule has 0 unspecified atom stereocenters. The van der Waals surface area contributed by atoms with Gasteiger partial charge in [-0.1, -0.05) is 12.1 Å². The van der Waals surface area contributed by atoms with E-state index in [1.807, 2.05) is 12.1 Å². The monoisotopic (exact) mass is 342 g/mol. The molecule has 0 saturated heterocycles. The van der Waals surface area contributed by atoms with Crippen LogP contribution in [-0.4, -0.2) is 25.0 Å². The van der Waals surface area contributed by atoms with Gasteiger partial charge in [-0.25, -0.2) is 4.99 Å². The van der Waals surface area contributed by atoms with E-state index in [1.54, 1.807) is 36.4 Å². The second-order valence-corrected chi connectivity index (χ2v) is 5.29. The fourth-order valence-electron chi connectivity index (χ4n) is 2.08. The van der Waals surface area contributed by atoms with Crippen molar-refractivity contribution in [1.29, 1.82) is 0 Å². The third-order valence-corrected chi connectivity index (χ3v) is 3.29. The second kappa shape index (κ2) is 8.67. The van der Waals surface area contributed by atoms with E-state index >= 15 is 0 Å². The lowest BCUT2D eigenvalue weighted by atomic mass is 10.2. The number of carbonyl (C=O) groups is 1. The van der Waals surface area contributed by atoms with Crippen molar-refractivity contribution in [2.45, 2.75) is 6.17 Å². The van der Waals surface area contributed by atoms with Gasteiger partial charge < -0.3 is 33.0 Å². The van der Waals surface area contributed by atoms with Crippen LogP contribution in [0.25, 0.3) is 0 Å². The number of benzene rings is 2.